The van der Waals surface area contributed by atoms with Gasteiger partial charge in [0.05, 0.1) is 18.5 Å². The van der Waals surface area contributed by atoms with Crippen molar-refractivity contribution < 1.29 is 19.1 Å². The van der Waals surface area contributed by atoms with Crippen molar-refractivity contribution in [2.24, 2.45) is 0 Å². The van der Waals surface area contributed by atoms with Crippen LogP contribution in [0.5, 0.6) is 11.5 Å². The van der Waals surface area contributed by atoms with Crippen molar-refractivity contribution in [2.75, 3.05) is 23.9 Å². The molecule has 2 amide bonds. The predicted octanol–water partition coefficient (Wildman–Crippen LogP) is 3.99. The number of carbonyl (C=O) groups is 2. The lowest BCUT2D eigenvalue weighted by molar-refractivity contribution is -0.121. The van der Waals surface area contributed by atoms with Gasteiger partial charge in [0.1, 0.15) is 11.5 Å². The molecule has 1 N–H and O–H groups in total. The highest BCUT2D eigenvalue weighted by molar-refractivity contribution is 6.04. The summed E-state index contributed by atoms with van der Waals surface area (Å²) >= 11 is 0. The van der Waals surface area contributed by atoms with Gasteiger partial charge in [0.15, 0.2) is 6.61 Å². The molecule has 148 valence electrons. The molecule has 1 aliphatic rings. The second-order valence-corrected chi connectivity index (χ2v) is 7.05. The van der Waals surface area contributed by atoms with E-state index in [1.807, 2.05) is 61.5 Å². The summed E-state index contributed by atoms with van der Waals surface area (Å²) in [6.45, 7) is 1.74. The molecule has 0 fully saturated rings. The normalized spacial score (nSPS) is 16.0. The fourth-order valence-electron chi connectivity index (χ4n) is 3.60. The van der Waals surface area contributed by atoms with E-state index in [-0.39, 0.29) is 30.9 Å². The van der Waals surface area contributed by atoms with Gasteiger partial charge in [-0.3, -0.25) is 9.59 Å². The summed E-state index contributed by atoms with van der Waals surface area (Å²) in [5.41, 5.74) is 1.32. The number of nitrogens with zero attached hydrogens (tertiary/aromatic N) is 1. The molecule has 4 rings (SSSR count). The SMILES string of the molecule is COc1ccc2ccc(OCC(=O)N3c4ccccc4NC(=O)C[C@@H]3C)cc2c1. The van der Waals surface area contributed by atoms with Gasteiger partial charge in [-0.15, -0.1) is 0 Å². The monoisotopic (exact) mass is 390 g/mol. The summed E-state index contributed by atoms with van der Waals surface area (Å²) in [4.78, 5) is 26.7. The smallest absolute Gasteiger partial charge is 0.265 e. The van der Waals surface area contributed by atoms with Gasteiger partial charge in [0.25, 0.3) is 5.91 Å². The zero-order chi connectivity index (χ0) is 20.4. The van der Waals surface area contributed by atoms with Crippen LogP contribution in [0, 0.1) is 0 Å². The molecular formula is C23H22N2O4. The number of amides is 2. The van der Waals surface area contributed by atoms with Gasteiger partial charge < -0.3 is 19.7 Å². The lowest BCUT2D eigenvalue weighted by Gasteiger charge is -2.27. The standard InChI is InChI=1S/C23H22N2O4/c1-15-11-22(26)24-20-5-3-4-6-21(20)25(15)23(27)14-29-19-10-8-16-7-9-18(28-2)12-17(16)13-19/h3-10,12-13,15H,11,14H2,1-2H3,(H,24,26)/t15-/m0/s1. The summed E-state index contributed by atoms with van der Waals surface area (Å²) < 4.78 is 11.1. The van der Waals surface area contributed by atoms with Gasteiger partial charge in [-0.05, 0) is 54.1 Å². The van der Waals surface area contributed by atoms with Crippen LogP contribution in [0.15, 0.2) is 60.7 Å². The van der Waals surface area contributed by atoms with E-state index >= 15 is 0 Å². The second-order valence-electron chi connectivity index (χ2n) is 7.05. The minimum atomic E-state index is -0.268. The Morgan fingerprint density at radius 2 is 1.79 bits per heavy atom. The number of hydrogen-bond acceptors (Lipinski definition) is 4. The lowest BCUT2D eigenvalue weighted by Crippen LogP contribution is -2.41. The maximum Gasteiger partial charge on any atom is 0.265 e. The molecular weight excluding hydrogens is 368 g/mol. The van der Waals surface area contributed by atoms with Gasteiger partial charge >= 0.3 is 0 Å². The van der Waals surface area contributed by atoms with E-state index in [4.69, 9.17) is 9.47 Å². The van der Waals surface area contributed by atoms with Gasteiger partial charge in [-0.1, -0.05) is 24.3 Å². The van der Waals surface area contributed by atoms with Crippen LogP contribution in [0.3, 0.4) is 0 Å². The molecule has 1 heterocycles. The first kappa shape index (κ1) is 18.8. The third-order valence-electron chi connectivity index (χ3n) is 5.01. The van der Waals surface area contributed by atoms with Crippen molar-refractivity contribution in [3.05, 3.63) is 60.7 Å². The summed E-state index contributed by atoms with van der Waals surface area (Å²) in [6.07, 6.45) is 0.232. The summed E-state index contributed by atoms with van der Waals surface area (Å²) in [6, 6.07) is 18.5. The fourth-order valence-corrected chi connectivity index (χ4v) is 3.60. The number of benzene rings is 3. The molecule has 0 saturated carbocycles. The molecule has 0 unspecified atom stereocenters. The van der Waals surface area contributed by atoms with Gasteiger partial charge in [-0.25, -0.2) is 0 Å². The second kappa shape index (κ2) is 7.83. The maximum absolute atomic E-state index is 13.0. The molecule has 0 saturated heterocycles. The molecule has 0 spiro atoms. The number of hydrogen-bond donors (Lipinski definition) is 1. The third kappa shape index (κ3) is 3.87. The minimum Gasteiger partial charge on any atom is -0.497 e. The zero-order valence-corrected chi connectivity index (χ0v) is 16.3. The molecule has 29 heavy (non-hydrogen) atoms. The topological polar surface area (TPSA) is 67.9 Å². The molecule has 0 radical (unpaired) electrons. The molecule has 6 heteroatoms. The van der Waals surface area contributed by atoms with Gasteiger partial charge in [0, 0.05) is 12.5 Å². The first-order chi connectivity index (χ1) is 14.0. The van der Waals surface area contributed by atoms with E-state index in [1.54, 1.807) is 18.1 Å². The average molecular weight is 390 g/mol. The van der Waals surface area contributed by atoms with Crippen molar-refractivity contribution in [2.45, 2.75) is 19.4 Å². The van der Waals surface area contributed by atoms with E-state index in [1.165, 1.54) is 0 Å². The highest BCUT2D eigenvalue weighted by atomic mass is 16.5. The van der Waals surface area contributed by atoms with Crippen LogP contribution in [0.25, 0.3) is 10.8 Å². The van der Waals surface area contributed by atoms with Crippen LogP contribution in [0.2, 0.25) is 0 Å². The Kier molecular flexibility index (Phi) is 5.08. The number of anilines is 2. The highest BCUT2D eigenvalue weighted by Crippen LogP contribution is 2.31. The molecule has 3 aromatic rings. The van der Waals surface area contributed by atoms with Crippen molar-refractivity contribution >= 4 is 34.0 Å². The Bertz CT molecular complexity index is 1080. The van der Waals surface area contributed by atoms with Crippen LogP contribution in [0.4, 0.5) is 11.4 Å². The number of carbonyl (C=O) groups excluding carboxylic acids is 2. The number of para-hydroxylation sites is 2. The van der Waals surface area contributed by atoms with Crippen molar-refractivity contribution in [3.63, 3.8) is 0 Å². The quantitative estimate of drug-likeness (QED) is 0.731. The summed E-state index contributed by atoms with van der Waals surface area (Å²) in [7, 11) is 1.62. The average Bonchev–Trinajstić information content (AvgIpc) is 2.85. The molecule has 1 atom stereocenters. The Balaban J connectivity index is 1.55. The number of fused-ring (bicyclic) bond motifs is 2. The van der Waals surface area contributed by atoms with Crippen molar-refractivity contribution in [1.29, 1.82) is 0 Å². The van der Waals surface area contributed by atoms with E-state index in [2.05, 4.69) is 5.32 Å². The van der Waals surface area contributed by atoms with E-state index in [0.717, 1.165) is 16.5 Å². The largest absolute Gasteiger partial charge is 0.497 e. The van der Waals surface area contributed by atoms with E-state index < -0.39 is 0 Å². The van der Waals surface area contributed by atoms with Crippen LogP contribution in [0.1, 0.15) is 13.3 Å². The Labute approximate surface area is 169 Å². The lowest BCUT2D eigenvalue weighted by atomic mass is 10.1. The van der Waals surface area contributed by atoms with Gasteiger partial charge in [-0.2, -0.15) is 0 Å². The molecule has 0 bridgehead atoms. The summed E-state index contributed by atoms with van der Waals surface area (Å²) in [5.74, 6) is 1.05. The molecule has 0 aromatic heterocycles. The number of methoxy groups -OCH3 is 1. The summed E-state index contributed by atoms with van der Waals surface area (Å²) in [5, 5.41) is 4.89. The van der Waals surface area contributed by atoms with Crippen LogP contribution >= 0.6 is 0 Å². The molecule has 1 aliphatic heterocycles. The van der Waals surface area contributed by atoms with Crippen LogP contribution in [-0.2, 0) is 9.59 Å². The van der Waals surface area contributed by atoms with Crippen molar-refractivity contribution in [1.82, 2.24) is 0 Å². The van der Waals surface area contributed by atoms with E-state index in [9.17, 15) is 9.59 Å². The molecule has 6 nitrogen and oxygen atoms in total. The van der Waals surface area contributed by atoms with Crippen LogP contribution < -0.4 is 19.7 Å². The first-order valence-corrected chi connectivity index (χ1v) is 9.46. The Hall–Kier alpha value is -3.54. The zero-order valence-electron chi connectivity index (χ0n) is 16.3. The number of nitrogens with one attached hydrogen (secondary N) is 1. The Morgan fingerprint density at radius 3 is 2.59 bits per heavy atom. The molecule has 0 aliphatic carbocycles. The Morgan fingerprint density at radius 1 is 1.07 bits per heavy atom. The third-order valence-corrected chi connectivity index (χ3v) is 5.01. The first-order valence-electron chi connectivity index (χ1n) is 9.46. The molecule has 3 aromatic carbocycles. The van der Waals surface area contributed by atoms with Gasteiger partial charge in [0.2, 0.25) is 5.91 Å². The minimum absolute atomic E-state index is 0.107. The predicted molar refractivity (Wildman–Crippen MR) is 113 cm³/mol. The number of ether oxygens (including phenoxy) is 2. The highest BCUT2D eigenvalue weighted by Gasteiger charge is 2.29. The van der Waals surface area contributed by atoms with E-state index in [0.29, 0.717) is 17.1 Å². The van der Waals surface area contributed by atoms with Crippen LogP contribution in [-0.4, -0.2) is 31.6 Å². The maximum atomic E-state index is 13.0. The van der Waals surface area contributed by atoms with Crippen molar-refractivity contribution in [3.8, 4) is 11.5 Å². The number of rotatable bonds is 4. The fraction of sp³-hybridized carbons (Fsp3) is 0.217.